The Bertz CT molecular complexity index is 883. The lowest BCUT2D eigenvalue weighted by Gasteiger charge is -2.53. The van der Waals surface area contributed by atoms with Crippen LogP contribution in [0.2, 0.25) is 0 Å². The molecule has 0 aliphatic carbocycles. The average Bonchev–Trinajstić information content (AvgIpc) is 2.75. The number of rotatable bonds is 4. The zero-order valence-corrected chi connectivity index (χ0v) is 17.9. The fourth-order valence-corrected chi connectivity index (χ4v) is 9.94. The zero-order valence-electron chi connectivity index (χ0n) is 16.9. The Kier molecular flexibility index (Phi) is 5.10. The summed E-state index contributed by atoms with van der Waals surface area (Å²) in [7, 11) is -0.102. The van der Waals surface area contributed by atoms with Crippen LogP contribution in [-0.4, -0.2) is 30.8 Å². The molecule has 0 spiro atoms. The van der Waals surface area contributed by atoms with E-state index in [-0.39, 0.29) is 5.67 Å². The van der Waals surface area contributed by atoms with Crippen LogP contribution in [0.4, 0.5) is 0 Å². The maximum absolute atomic E-state index is 2.56. The Morgan fingerprint density at radius 1 is 0.679 bits per heavy atom. The van der Waals surface area contributed by atoms with E-state index < -0.39 is 8.24 Å². The number of benzene rings is 3. The zero-order chi connectivity index (χ0) is 19.6. The standard InChI is InChI=1S/C25H28N2Si/c1-21(2)27-20-19-26(3)28(23-15-9-5-10-16-23,24-17-11-6-12-18-24)25(27)22-13-7-4-8-14-22/h4-21,25H,1-3H3. The Balaban J connectivity index is 2.07. The minimum atomic E-state index is -2.36. The third-order valence-electron chi connectivity index (χ3n) is 5.85. The van der Waals surface area contributed by atoms with E-state index in [0.29, 0.717) is 6.04 Å². The molecule has 1 aliphatic rings. The fraction of sp³-hybridized carbons (Fsp3) is 0.200. The molecule has 0 saturated carbocycles. The van der Waals surface area contributed by atoms with Crippen molar-refractivity contribution in [3.05, 3.63) is 109 Å². The molecular formula is C25H28N2Si. The van der Waals surface area contributed by atoms with Gasteiger partial charge in [-0.3, -0.25) is 0 Å². The molecule has 0 radical (unpaired) electrons. The summed E-state index contributed by atoms with van der Waals surface area (Å²) in [5, 5.41) is 2.88. The normalized spacial score (nSPS) is 18.5. The van der Waals surface area contributed by atoms with Gasteiger partial charge in [0, 0.05) is 18.4 Å². The molecule has 142 valence electrons. The summed E-state index contributed by atoms with van der Waals surface area (Å²) >= 11 is 0. The van der Waals surface area contributed by atoms with Gasteiger partial charge in [-0.25, -0.2) is 0 Å². The van der Waals surface area contributed by atoms with Crippen molar-refractivity contribution in [2.75, 3.05) is 7.05 Å². The van der Waals surface area contributed by atoms with Gasteiger partial charge in [0.05, 0.1) is 5.67 Å². The van der Waals surface area contributed by atoms with Crippen molar-refractivity contribution in [3.63, 3.8) is 0 Å². The Morgan fingerprint density at radius 2 is 1.14 bits per heavy atom. The molecule has 1 aliphatic heterocycles. The minimum Gasteiger partial charge on any atom is -0.396 e. The monoisotopic (exact) mass is 384 g/mol. The molecule has 0 N–H and O–H groups in total. The van der Waals surface area contributed by atoms with Crippen molar-refractivity contribution in [3.8, 4) is 0 Å². The lowest BCUT2D eigenvalue weighted by atomic mass is 10.2. The molecule has 2 nitrogen and oxygen atoms in total. The van der Waals surface area contributed by atoms with Crippen molar-refractivity contribution in [2.45, 2.75) is 25.6 Å². The second-order valence-electron chi connectivity index (χ2n) is 7.76. The summed E-state index contributed by atoms with van der Waals surface area (Å²) in [5.41, 5.74) is 1.67. The van der Waals surface area contributed by atoms with Crippen molar-refractivity contribution in [1.82, 2.24) is 9.47 Å². The Hall–Kier alpha value is -2.78. The molecule has 0 saturated heterocycles. The second kappa shape index (κ2) is 7.68. The summed E-state index contributed by atoms with van der Waals surface area (Å²) in [5.74, 6) is 0. The van der Waals surface area contributed by atoms with Crippen LogP contribution in [0.3, 0.4) is 0 Å². The van der Waals surface area contributed by atoms with E-state index in [1.165, 1.54) is 15.9 Å². The molecule has 0 fully saturated rings. The van der Waals surface area contributed by atoms with Crippen molar-refractivity contribution < 1.29 is 0 Å². The summed E-state index contributed by atoms with van der Waals surface area (Å²) in [6.07, 6.45) is 4.56. The van der Waals surface area contributed by atoms with E-state index in [1.54, 1.807) is 0 Å². The van der Waals surface area contributed by atoms with Crippen LogP contribution in [-0.2, 0) is 0 Å². The predicted molar refractivity (Wildman–Crippen MR) is 121 cm³/mol. The summed E-state index contributed by atoms with van der Waals surface area (Å²) < 4.78 is 2.52. The second-order valence-corrected chi connectivity index (χ2v) is 11.7. The molecule has 1 unspecified atom stereocenters. The van der Waals surface area contributed by atoms with E-state index in [4.69, 9.17) is 0 Å². The highest BCUT2D eigenvalue weighted by atomic mass is 28.3. The minimum absolute atomic E-state index is 0.286. The van der Waals surface area contributed by atoms with E-state index in [9.17, 15) is 0 Å². The smallest absolute Gasteiger partial charge is 0.247 e. The highest BCUT2D eigenvalue weighted by Crippen LogP contribution is 2.37. The van der Waals surface area contributed by atoms with E-state index >= 15 is 0 Å². The van der Waals surface area contributed by atoms with Gasteiger partial charge in [-0.2, -0.15) is 0 Å². The van der Waals surface area contributed by atoms with Crippen LogP contribution < -0.4 is 10.4 Å². The van der Waals surface area contributed by atoms with Crippen molar-refractivity contribution >= 4 is 18.6 Å². The SMILES string of the molecule is CC(C)N1C=CN(C)[Si](c2ccccc2)(c2ccccc2)C1c1ccccc1. The number of hydrogen-bond donors (Lipinski definition) is 0. The fourth-order valence-electron chi connectivity index (χ4n) is 4.58. The highest BCUT2D eigenvalue weighted by Gasteiger charge is 2.53. The first-order chi connectivity index (χ1) is 13.7. The molecule has 1 atom stereocenters. The van der Waals surface area contributed by atoms with Crippen LogP contribution >= 0.6 is 0 Å². The number of hydrogen-bond acceptors (Lipinski definition) is 2. The van der Waals surface area contributed by atoms with Gasteiger partial charge in [0.15, 0.2) is 0 Å². The quantitative estimate of drug-likeness (QED) is 0.624. The van der Waals surface area contributed by atoms with Crippen LogP contribution in [0.5, 0.6) is 0 Å². The van der Waals surface area contributed by atoms with Gasteiger partial charge < -0.3 is 9.47 Å². The van der Waals surface area contributed by atoms with Gasteiger partial charge in [-0.05, 0) is 36.8 Å². The van der Waals surface area contributed by atoms with Crippen LogP contribution in [0.25, 0.3) is 0 Å². The van der Waals surface area contributed by atoms with Crippen molar-refractivity contribution in [1.29, 1.82) is 0 Å². The molecule has 28 heavy (non-hydrogen) atoms. The van der Waals surface area contributed by atoms with Crippen LogP contribution in [0, 0.1) is 0 Å². The summed E-state index contributed by atoms with van der Waals surface area (Å²) in [6.45, 7) is 4.58. The molecule has 3 aromatic carbocycles. The first-order valence-electron chi connectivity index (χ1n) is 10.0. The van der Waals surface area contributed by atoms with Gasteiger partial charge in [-0.15, -0.1) is 0 Å². The molecule has 0 aromatic heterocycles. The van der Waals surface area contributed by atoms with Crippen molar-refractivity contribution in [2.24, 2.45) is 0 Å². The first-order valence-corrected chi connectivity index (χ1v) is 12.0. The van der Waals surface area contributed by atoms with E-state index in [2.05, 4.69) is 134 Å². The number of nitrogens with zero attached hydrogens (tertiary/aromatic N) is 2. The maximum Gasteiger partial charge on any atom is 0.247 e. The molecular weight excluding hydrogens is 356 g/mol. The lowest BCUT2D eigenvalue weighted by molar-refractivity contribution is 0.261. The maximum atomic E-state index is 2.56. The average molecular weight is 385 g/mol. The topological polar surface area (TPSA) is 6.48 Å². The summed E-state index contributed by atoms with van der Waals surface area (Å²) in [6, 6.07) is 33.7. The van der Waals surface area contributed by atoms with Gasteiger partial charge in [0.1, 0.15) is 0 Å². The third kappa shape index (κ3) is 2.96. The van der Waals surface area contributed by atoms with E-state index in [1.807, 2.05) is 0 Å². The van der Waals surface area contributed by atoms with E-state index in [0.717, 1.165) is 0 Å². The molecule has 4 rings (SSSR count). The molecule has 0 amide bonds. The molecule has 3 heteroatoms. The molecule has 3 aromatic rings. The molecule has 0 bridgehead atoms. The highest BCUT2D eigenvalue weighted by molar-refractivity contribution is 7.01. The van der Waals surface area contributed by atoms with Gasteiger partial charge in [-0.1, -0.05) is 91.0 Å². The van der Waals surface area contributed by atoms with Crippen LogP contribution in [0.1, 0.15) is 25.1 Å². The molecule has 1 heterocycles. The predicted octanol–water partition coefficient (Wildman–Crippen LogP) is 4.15. The van der Waals surface area contributed by atoms with Gasteiger partial charge in [0.25, 0.3) is 0 Å². The largest absolute Gasteiger partial charge is 0.396 e. The first kappa shape index (κ1) is 18.6. The third-order valence-corrected chi connectivity index (χ3v) is 11.0. The van der Waals surface area contributed by atoms with Gasteiger partial charge >= 0.3 is 0 Å². The van der Waals surface area contributed by atoms with Crippen LogP contribution in [0.15, 0.2) is 103 Å². The lowest BCUT2D eigenvalue weighted by Crippen LogP contribution is -2.75. The Labute approximate surface area is 169 Å². The Morgan fingerprint density at radius 3 is 1.61 bits per heavy atom. The van der Waals surface area contributed by atoms with Gasteiger partial charge in [0.2, 0.25) is 8.24 Å². The summed E-state index contributed by atoms with van der Waals surface area (Å²) in [4.78, 5) is 2.56.